The van der Waals surface area contributed by atoms with E-state index in [-0.39, 0.29) is 24.6 Å². The first-order valence-corrected chi connectivity index (χ1v) is 8.58. The molecular formula is C18H27N3O3. The number of nitrogens with two attached hydrogens (primary N) is 1. The summed E-state index contributed by atoms with van der Waals surface area (Å²) in [6.45, 7) is 1.23. The Hall–Kier alpha value is -1.63. The Kier molecular flexibility index (Phi) is 5.38. The standard InChI is InChI=1S/C18H27N3O3/c1-23-11-15(19)18(22)20-16-8-9-21(13-6-7-13)17(16)12-4-3-5-14(10-12)24-2/h3-5,10,13,15-17H,6-9,11,19H2,1-2H3,(H,20,22). The predicted octanol–water partition coefficient (Wildman–Crippen LogP) is 1.06. The lowest BCUT2D eigenvalue weighted by Gasteiger charge is -2.30. The Morgan fingerprint density at radius 2 is 2.17 bits per heavy atom. The van der Waals surface area contributed by atoms with Gasteiger partial charge in [0.05, 0.1) is 19.8 Å². The maximum Gasteiger partial charge on any atom is 0.239 e. The molecule has 1 aromatic rings. The molecule has 2 fully saturated rings. The molecule has 2 aliphatic rings. The van der Waals surface area contributed by atoms with Crippen LogP contribution in [-0.4, -0.2) is 56.3 Å². The summed E-state index contributed by atoms with van der Waals surface area (Å²) in [7, 11) is 3.23. The average Bonchev–Trinajstić information content (AvgIpc) is 3.36. The Morgan fingerprint density at radius 1 is 1.38 bits per heavy atom. The Morgan fingerprint density at radius 3 is 2.83 bits per heavy atom. The molecule has 24 heavy (non-hydrogen) atoms. The molecule has 1 aliphatic heterocycles. The third kappa shape index (κ3) is 3.71. The number of hydrogen-bond acceptors (Lipinski definition) is 5. The number of carbonyl (C=O) groups excluding carboxylic acids is 1. The second kappa shape index (κ2) is 7.51. The maximum absolute atomic E-state index is 12.3. The third-order valence-corrected chi connectivity index (χ3v) is 4.90. The van der Waals surface area contributed by atoms with Crippen LogP contribution in [0.15, 0.2) is 24.3 Å². The summed E-state index contributed by atoms with van der Waals surface area (Å²) in [4.78, 5) is 14.8. The van der Waals surface area contributed by atoms with Crippen LogP contribution in [0.3, 0.4) is 0 Å². The molecule has 6 nitrogen and oxygen atoms in total. The molecule has 1 saturated heterocycles. The van der Waals surface area contributed by atoms with Crippen molar-refractivity contribution in [1.82, 2.24) is 10.2 Å². The molecular weight excluding hydrogens is 306 g/mol. The second-order valence-electron chi connectivity index (χ2n) is 6.66. The summed E-state index contributed by atoms with van der Waals surface area (Å²) < 4.78 is 10.4. The summed E-state index contributed by atoms with van der Waals surface area (Å²) in [6.07, 6.45) is 3.42. The van der Waals surface area contributed by atoms with Gasteiger partial charge in [0.1, 0.15) is 11.8 Å². The molecule has 6 heteroatoms. The highest BCUT2D eigenvalue weighted by Gasteiger charge is 2.43. The van der Waals surface area contributed by atoms with Crippen LogP contribution in [0.5, 0.6) is 5.75 Å². The van der Waals surface area contributed by atoms with E-state index in [1.54, 1.807) is 14.2 Å². The molecule has 0 bridgehead atoms. The monoisotopic (exact) mass is 333 g/mol. The number of ether oxygens (including phenoxy) is 2. The van der Waals surface area contributed by atoms with Crippen LogP contribution in [-0.2, 0) is 9.53 Å². The number of rotatable bonds is 7. The minimum atomic E-state index is -0.629. The van der Waals surface area contributed by atoms with E-state index in [0.29, 0.717) is 6.04 Å². The first kappa shape index (κ1) is 17.2. The van der Waals surface area contributed by atoms with Crippen LogP contribution in [0, 0.1) is 0 Å². The van der Waals surface area contributed by atoms with Crippen molar-refractivity contribution in [3.8, 4) is 5.75 Å². The van der Waals surface area contributed by atoms with E-state index in [1.807, 2.05) is 12.1 Å². The van der Waals surface area contributed by atoms with E-state index in [0.717, 1.165) is 18.7 Å². The molecule has 3 unspecified atom stereocenters. The zero-order chi connectivity index (χ0) is 17.1. The fraction of sp³-hybridized carbons (Fsp3) is 0.611. The van der Waals surface area contributed by atoms with Gasteiger partial charge in [-0.25, -0.2) is 0 Å². The first-order chi connectivity index (χ1) is 11.6. The van der Waals surface area contributed by atoms with Crippen molar-refractivity contribution in [2.24, 2.45) is 5.73 Å². The molecule has 3 N–H and O–H groups in total. The first-order valence-electron chi connectivity index (χ1n) is 8.58. The van der Waals surface area contributed by atoms with Crippen LogP contribution in [0.1, 0.15) is 30.9 Å². The number of amides is 1. The van der Waals surface area contributed by atoms with Crippen molar-refractivity contribution in [3.05, 3.63) is 29.8 Å². The van der Waals surface area contributed by atoms with Crippen LogP contribution in [0.4, 0.5) is 0 Å². The van der Waals surface area contributed by atoms with Gasteiger partial charge in [0.15, 0.2) is 0 Å². The molecule has 1 heterocycles. The van der Waals surface area contributed by atoms with Crippen LogP contribution >= 0.6 is 0 Å². The number of carbonyl (C=O) groups is 1. The van der Waals surface area contributed by atoms with Crippen molar-refractivity contribution in [3.63, 3.8) is 0 Å². The molecule has 3 atom stereocenters. The molecule has 0 spiro atoms. The summed E-state index contributed by atoms with van der Waals surface area (Å²) >= 11 is 0. The molecule has 132 valence electrons. The van der Waals surface area contributed by atoms with E-state index in [9.17, 15) is 4.79 Å². The van der Waals surface area contributed by atoms with Gasteiger partial charge in [0, 0.05) is 25.7 Å². The summed E-state index contributed by atoms with van der Waals surface area (Å²) in [5.74, 6) is 0.698. The van der Waals surface area contributed by atoms with Gasteiger partial charge in [0.2, 0.25) is 5.91 Å². The van der Waals surface area contributed by atoms with Gasteiger partial charge in [-0.05, 0) is 37.0 Å². The maximum atomic E-state index is 12.3. The lowest BCUT2D eigenvalue weighted by atomic mass is 9.99. The van der Waals surface area contributed by atoms with E-state index in [1.165, 1.54) is 18.4 Å². The number of nitrogens with one attached hydrogen (secondary N) is 1. The van der Waals surface area contributed by atoms with Crippen molar-refractivity contribution in [2.45, 2.75) is 43.4 Å². The molecule has 1 saturated carbocycles. The Labute approximate surface area is 143 Å². The normalized spacial score (nSPS) is 25.5. The van der Waals surface area contributed by atoms with Gasteiger partial charge < -0.3 is 20.5 Å². The minimum absolute atomic E-state index is 0.0631. The fourth-order valence-corrected chi connectivity index (χ4v) is 3.58. The molecule has 1 aromatic carbocycles. The molecule has 3 rings (SSSR count). The molecule has 1 aliphatic carbocycles. The van der Waals surface area contributed by atoms with E-state index < -0.39 is 6.04 Å². The number of methoxy groups -OCH3 is 2. The van der Waals surface area contributed by atoms with Gasteiger partial charge in [-0.2, -0.15) is 0 Å². The number of likely N-dealkylation sites (tertiary alicyclic amines) is 1. The Balaban J connectivity index is 1.78. The number of hydrogen-bond donors (Lipinski definition) is 2. The fourth-order valence-electron chi connectivity index (χ4n) is 3.58. The van der Waals surface area contributed by atoms with E-state index >= 15 is 0 Å². The highest BCUT2D eigenvalue weighted by molar-refractivity contribution is 5.82. The summed E-state index contributed by atoms with van der Waals surface area (Å²) in [6, 6.07) is 8.38. The quantitative estimate of drug-likeness (QED) is 0.780. The van der Waals surface area contributed by atoms with Crippen LogP contribution in [0.25, 0.3) is 0 Å². The molecule has 1 amide bonds. The third-order valence-electron chi connectivity index (χ3n) is 4.90. The SMILES string of the molecule is COCC(N)C(=O)NC1CCN(C2CC2)C1c1cccc(OC)c1. The van der Waals surface area contributed by atoms with Gasteiger partial charge in [-0.3, -0.25) is 9.69 Å². The highest BCUT2D eigenvalue weighted by atomic mass is 16.5. The van der Waals surface area contributed by atoms with Crippen LogP contribution in [0.2, 0.25) is 0 Å². The Bertz CT molecular complexity index is 576. The van der Waals surface area contributed by atoms with Gasteiger partial charge in [-0.15, -0.1) is 0 Å². The van der Waals surface area contributed by atoms with Crippen LogP contribution < -0.4 is 15.8 Å². The zero-order valence-electron chi connectivity index (χ0n) is 14.4. The van der Waals surface area contributed by atoms with E-state index in [2.05, 4.69) is 22.3 Å². The van der Waals surface area contributed by atoms with Gasteiger partial charge in [0.25, 0.3) is 0 Å². The summed E-state index contributed by atoms with van der Waals surface area (Å²) in [5, 5.41) is 3.14. The minimum Gasteiger partial charge on any atom is -0.497 e. The predicted molar refractivity (Wildman–Crippen MR) is 91.9 cm³/mol. The molecule has 0 aromatic heterocycles. The van der Waals surface area contributed by atoms with Crippen molar-refractivity contribution < 1.29 is 14.3 Å². The summed E-state index contributed by atoms with van der Waals surface area (Å²) in [5.41, 5.74) is 7.06. The number of benzene rings is 1. The zero-order valence-corrected chi connectivity index (χ0v) is 14.4. The average molecular weight is 333 g/mol. The van der Waals surface area contributed by atoms with Crippen molar-refractivity contribution >= 4 is 5.91 Å². The largest absolute Gasteiger partial charge is 0.497 e. The van der Waals surface area contributed by atoms with Crippen molar-refractivity contribution in [2.75, 3.05) is 27.4 Å². The second-order valence-corrected chi connectivity index (χ2v) is 6.66. The lowest BCUT2D eigenvalue weighted by molar-refractivity contribution is -0.124. The highest BCUT2D eigenvalue weighted by Crippen LogP contribution is 2.41. The smallest absolute Gasteiger partial charge is 0.239 e. The van der Waals surface area contributed by atoms with Crippen molar-refractivity contribution in [1.29, 1.82) is 0 Å². The van der Waals surface area contributed by atoms with E-state index in [4.69, 9.17) is 15.2 Å². The lowest BCUT2D eigenvalue weighted by Crippen LogP contribution is -2.49. The topological polar surface area (TPSA) is 76.8 Å². The molecule has 0 radical (unpaired) electrons. The van der Waals surface area contributed by atoms with Gasteiger partial charge >= 0.3 is 0 Å². The number of nitrogens with zero attached hydrogens (tertiary/aromatic N) is 1. The van der Waals surface area contributed by atoms with Gasteiger partial charge in [-0.1, -0.05) is 12.1 Å².